The van der Waals surface area contributed by atoms with Crippen LogP contribution in [0.1, 0.15) is 19.3 Å². The van der Waals surface area contributed by atoms with Gasteiger partial charge in [0, 0.05) is 6.04 Å². The Kier molecular flexibility index (Phi) is 3.67. The molecule has 1 fully saturated rings. The maximum atomic E-state index is 6.05. The van der Waals surface area contributed by atoms with Gasteiger partial charge in [0.1, 0.15) is 6.61 Å². The van der Waals surface area contributed by atoms with Gasteiger partial charge >= 0.3 is 0 Å². The Labute approximate surface area is 96.5 Å². The van der Waals surface area contributed by atoms with Crippen LogP contribution in [0.5, 0.6) is 11.5 Å². The molecule has 88 valence electrons. The number of methoxy groups -OCH3 is 1. The Bertz CT molecular complexity index is 336. The number of hydrogen-bond acceptors (Lipinski definition) is 3. The molecule has 16 heavy (non-hydrogen) atoms. The molecule has 1 aromatic rings. The average Bonchev–Trinajstić information content (AvgIpc) is 2.24. The summed E-state index contributed by atoms with van der Waals surface area (Å²) in [5.41, 5.74) is 6.05. The van der Waals surface area contributed by atoms with E-state index in [0.29, 0.717) is 12.5 Å². The fraction of sp³-hybridized carbons (Fsp3) is 0.538. The first-order valence-corrected chi connectivity index (χ1v) is 5.82. The summed E-state index contributed by atoms with van der Waals surface area (Å²) in [5, 5.41) is 0. The highest BCUT2D eigenvalue weighted by Gasteiger charge is 2.24. The van der Waals surface area contributed by atoms with E-state index >= 15 is 0 Å². The van der Waals surface area contributed by atoms with E-state index in [1.807, 2.05) is 24.3 Å². The van der Waals surface area contributed by atoms with Crippen molar-refractivity contribution in [2.24, 2.45) is 11.7 Å². The van der Waals surface area contributed by atoms with Gasteiger partial charge in [0.25, 0.3) is 0 Å². The van der Waals surface area contributed by atoms with Gasteiger partial charge in [-0.1, -0.05) is 18.6 Å². The minimum absolute atomic E-state index is 0.152. The summed E-state index contributed by atoms with van der Waals surface area (Å²) in [6.45, 7) is 0.574. The van der Waals surface area contributed by atoms with E-state index in [9.17, 15) is 0 Å². The summed E-state index contributed by atoms with van der Waals surface area (Å²) in [4.78, 5) is 0. The van der Waals surface area contributed by atoms with Crippen molar-refractivity contribution in [3.05, 3.63) is 24.3 Å². The zero-order chi connectivity index (χ0) is 11.4. The smallest absolute Gasteiger partial charge is 0.161 e. The Morgan fingerprint density at radius 1 is 1.31 bits per heavy atom. The molecule has 0 heterocycles. The fourth-order valence-corrected chi connectivity index (χ4v) is 1.93. The van der Waals surface area contributed by atoms with E-state index in [0.717, 1.165) is 11.5 Å². The minimum atomic E-state index is 0.152. The molecule has 1 aliphatic carbocycles. The third kappa shape index (κ3) is 2.47. The van der Waals surface area contributed by atoms with Crippen molar-refractivity contribution in [1.29, 1.82) is 0 Å². The number of para-hydroxylation sites is 2. The summed E-state index contributed by atoms with van der Waals surface area (Å²) in [5.74, 6) is 2.19. The van der Waals surface area contributed by atoms with E-state index in [1.54, 1.807) is 7.11 Å². The van der Waals surface area contributed by atoms with Crippen LogP contribution in [0.25, 0.3) is 0 Å². The van der Waals surface area contributed by atoms with Gasteiger partial charge in [-0.15, -0.1) is 0 Å². The maximum Gasteiger partial charge on any atom is 0.161 e. The first kappa shape index (κ1) is 11.3. The molecule has 2 N–H and O–H groups in total. The number of rotatable bonds is 5. The van der Waals surface area contributed by atoms with Crippen LogP contribution < -0.4 is 15.2 Å². The lowest BCUT2D eigenvalue weighted by Crippen LogP contribution is -2.39. The fourth-order valence-electron chi connectivity index (χ4n) is 1.93. The van der Waals surface area contributed by atoms with Crippen molar-refractivity contribution in [2.45, 2.75) is 25.3 Å². The predicted octanol–water partition coefficient (Wildman–Crippen LogP) is 2.20. The van der Waals surface area contributed by atoms with Crippen LogP contribution in [-0.2, 0) is 0 Å². The Hall–Kier alpha value is -1.22. The first-order valence-electron chi connectivity index (χ1n) is 5.82. The molecule has 3 nitrogen and oxygen atoms in total. The molecule has 0 bridgehead atoms. The molecule has 2 rings (SSSR count). The molecule has 1 aliphatic rings. The molecular formula is C13H19NO2. The van der Waals surface area contributed by atoms with Crippen LogP contribution in [0.15, 0.2) is 24.3 Å². The van der Waals surface area contributed by atoms with Crippen LogP contribution in [0, 0.1) is 5.92 Å². The Morgan fingerprint density at radius 3 is 2.56 bits per heavy atom. The van der Waals surface area contributed by atoms with Crippen LogP contribution in [-0.4, -0.2) is 19.8 Å². The lowest BCUT2D eigenvalue weighted by atomic mass is 9.80. The van der Waals surface area contributed by atoms with Gasteiger partial charge in [0.05, 0.1) is 7.11 Å². The van der Waals surface area contributed by atoms with Gasteiger partial charge in [-0.25, -0.2) is 0 Å². The minimum Gasteiger partial charge on any atom is -0.493 e. The van der Waals surface area contributed by atoms with Crippen molar-refractivity contribution >= 4 is 0 Å². The van der Waals surface area contributed by atoms with E-state index in [2.05, 4.69) is 0 Å². The molecule has 0 amide bonds. The van der Waals surface area contributed by atoms with Crippen molar-refractivity contribution in [3.63, 3.8) is 0 Å². The van der Waals surface area contributed by atoms with Gasteiger partial charge in [0.15, 0.2) is 11.5 Å². The number of nitrogens with two attached hydrogens (primary N) is 1. The molecule has 1 aromatic carbocycles. The van der Waals surface area contributed by atoms with Crippen LogP contribution in [0.2, 0.25) is 0 Å². The number of ether oxygens (including phenoxy) is 2. The molecule has 3 heteroatoms. The summed E-state index contributed by atoms with van der Waals surface area (Å²) >= 11 is 0. The summed E-state index contributed by atoms with van der Waals surface area (Å²) < 4.78 is 10.9. The summed E-state index contributed by atoms with van der Waals surface area (Å²) in [7, 11) is 1.65. The Morgan fingerprint density at radius 2 is 2.00 bits per heavy atom. The third-order valence-electron chi connectivity index (χ3n) is 3.26. The lowest BCUT2D eigenvalue weighted by molar-refractivity contribution is 0.185. The second kappa shape index (κ2) is 5.21. The van der Waals surface area contributed by atoms with Crippen molar-refractivity contribution < 1.29 is 9.47 Å². The largest absolute Gasteiger partial charge is 0.493 e. The second-order valence-corrected chi connectivity index (χ2v) is 4.32. The highest BCUT2D eigenvalue weighted by atomic mass is 16.5. The predicted molar refractivity (Wildman–Crippen MR) is 63.8 cm³/mol. The standard InChI is InChI=1S/C13H19NO2/c1-15-12-7-2-3-8-13(12)16-9-11(14)10-5-4-6-10/h2-3,7-8,10-11H,4-6,9,14H2,1H3. The normalized spacial score (nSPS) is 17.6. The van der Waals surface area contributed by atoms with Crippen LogP contribution >= 0.6 is 0 Å². The molecule has 1 unspecified atom stereocenters. The van der Waals surface area contributed by atoms with Crippen molar-refractivity contribution in [3.8, 4) is 11.5 Å². The highest BCUT2D eigenvalue weighted by molar-refractivity contribution is 5.39. The van der Waals surface area contributed by atoms with Gasteiger partial charge in [-0.05, 0) is 30.9 Å². The summed E-state index contributed by atoms with van der Waals surface area (Å²) in [6, 6.07) is 7.82. The first-order chi connectivity index (χ1) is 7.81. The molecule has 0 spiro atoms. The third-order valence-corrected chi connectivity index (χ3v) is 3.26. The quantitative estimate of drug-likeness (QED) is 0.829. The zero-order valence-corrected chi connectivity index (χ0v) is 9.69. The van der Waals surface area contributed by atoms with E-state index in [1.165, 1.54) is 19.3 Å². The van der Waals surface area contributed by atoms with E-state index < -0.39 is 0 Å². The highest BCUT2D eigenvalue weighted by Crippen LogP contribution is 2.30. The van der Waals surface area contributed by atoms with E-state index in [4.69, 9.17) is 15.2 Å². The average molecular weight is 221 g/mol. The number of hydrogen-bond donors (Lipinski definition) is 1. The summed E-state index contributed by atoms with van der Waals surface area (Å²) in [6.07, 6.45) is 3.81. The van der Waals surface area contributed by atoms with Crippen LogP contribution in [0.3, 0.4) is 0 Å². The van der Waals surface area contributed by atoms with E-state index in [-0.39, 0.29) is 6.04 Å². The molecule has 0 saturated heterocycles. The van der Waals surface area contributed by atoms with Gasteiger partial charge in [0.2, 0.25) is 0 Å². The van der Waals surface area contributed by atoms with Crippen LogP contribution in [0.4, 0.5) is 0 Å². The van der Waals surface area contributed by atoms with Crippen molar-refractivity contribution in [1.82, 2.24) is 0 Å². The molecular weight excluding hydrogens is 202 g/mol. The van der Waals surface area contributed by atoms with Gasteiger partial charge in [-0.2, -0.15) is 0 Å². The maximum absolute atomic E-state index is 6.05. The SMILES string of the molecule is COc1ccccc1OCC(N)C1CCC1. The van der Waals surface area contributed by atoms with Crippen molar-refractivity contribution in [2.75, 3.05) is 13.7 Å². The molecule has 1 saturated carbocycles. The lowest BCUT2D eigenvalue weighted by Gasteiger charge is -2.31. The zero-order valence-electron chi connectivity index (χ0n) is 9.69. The second-order valence-electron chi connectivity index (χ2n) is 4.32. The molecule has 1 atom stereocenters. The Balaban J connectivity index is 1.88. The monoisotopic (exact) mass is 221 g/mol. The molecule has 0 aliphatic heterocycles. The molecule has 0 aromatic heterocycles. The van der Waals surface area contributed by atoms with Gasteiger partial charge in [-0.3, -0.25) is 0 Å². The number of benzene rings is 1. The molecule has 0 radical (unpaired) electrons. The van der Waals surface area contributed by atoms with Gasteiger partial charge < -0.3 is 15.2 Å². The topological polar surface area (TPSA) is 44.5 Å².